The van der Waals surface area contributed by atoms with E-state index in [4.69, 9.17) is 0 Å². The van der Waals surface area contributed by atoms with Gasteiger partial charge in [-0.25, -0.2) is 18.1 Å². The lowest BCUT2D eigenvalue weighted by Gasteiger charge is -2.21. The van der Waals surface area contributed by atoms with Crippen LogP contribution in [-0.4, -0.2) is 37.6 Å². The number of rotatable bonds is 8. The van der Waals surface area contributed by atoms with Gasteiger partial charge in [0.25, 0.3) is 5.91 Å². The Morgan fingerprint density at radius 3 is 2.66 bits per heavy atom. The third-order valence-electron chi connectivity index (χ3n) is 5.15. The molecule has 0 aliphatic carbocycles. The fourth-order valence-electron chi connectivity index (χ4n) is 3.23. The average Bonchev–Trinajstić information content (AvgIpc) is 3.35. The Balaban J connectivity index is 1.46. The summed E-state index contributed by atoms with van der Waals surface area (Å²) in [6.07, 6.45) is 1.66. The van der Waals surface area contributed by atoms with Gasteiger partial charge in [-0.2, -0.15) is 0 Å². The van der Waals surface area contributed by atoms with Crippen LogP contribution in [0, 0.1) is 5.41 Å². The first-order chi connectivity index (χ1) is 15.2. The zero-order valence-electron chi connectivity index (χ0n) is 17.7. The molecule has 0 bridgehead atoms. The predicted octanol–water partition coefficient (Wildman–Crippen LogP) is 3.14. The minimum absolute atomic E-state index is 0.109. The van der Waals surface area contributed by atoms with Gasteiger partial charge in [0.2, 0.25) is 10.0 Å². The molecule has 0 saturated heterocycles. The summed E-state index contributed by atoms with van der Waals surface area (Å²) in [5.41, 5.74) is 5.56. The van der Waals surface area contributed by atoms with Crippen molar-refractivity contribution in [2.45, 2.75) is 19.6 Å². The topological polar surface area (TPSA) is 120 Å². The summed E-state index contributed by atoms with van der Waals surface area (Å²) in [4.78, 5) is 16.8. The lowest BCUT2D eigenvalue weighted by atomic mass is 9.96. The lowest BCUT2D eigenvalue weighted by molar-refractivity contribution is -0.110. The van der Waals surface area contributed by atoms with Gasteiger partial charge >= 0.3 is 0 Å². The highest BCUT2D eigenvalue weighted by molar-refractivity contribution is 7.88. The molecule has 1 aliphatic rings. The minimum atomic E-state index is -3.52. The Morgan fingerprint density at radius 2 is 1.94 bits per heavy atom. The molecular formula is C22H24N4O4S2. The number of aliphatic hydroxyl groups is 1. The van der Waals surface area contributed by atoms with Crippen molar-refractivity contribution < 1.29 is 18.3 Å². The highest BCUT2D eigenvalue weighted by Crippen LogP contribution is 2.39. The van der Waals surface area contributed by atoms with Crippen molar-refractivity contribution in [1.82, 2.24) is 9.71 Å². The van der Waals surface area contributed by atoms with Gasteiger partial charge in [0.1, 0.15) is 0 Å². The maximum atomic E-state index is 12.5. The number of nitrogens with zero attached hydrogens (tertiary/aromatic N) is 1. The maximum absolute atomic E-state index is 12.5. The van der Waals surface area contributed by atoms with Crippen molar-refractivity contribution in [2.24, 2.45) is 5.41 Å². The average molecular weight is 473 g/mol. The summed E-state index contributed by atoms with van der Waals surface area (Å²) < 4.78 is 28.1. The SMILES string of the molecule is CC(C)(CO)CNS(=O)(=O)Cc1ccc(NC=C2C(=O)Nc3ccc4ncsc4c32)cc1. The van der Waals surface area contributed by atoms with Crippen molar-refractivity contribution in [3.63, 3.8) is 0 Å². The molecule has 8 nitrogen and oxygen atoms in total. The molecule has 0 radical (unpaired) electrons. The number of fused-ring (bicyclic) bond motifs is 3. The predicted molar refractivity (Wildman–Crippen MR) is 128 cm³/mol. The van der Waals surface area contributed by atoms with Crippen molar-refractivity contribution in [3.8, 4) is 0 Å². The molecule has 2 heterocycles. The molecule has 0 spiro atoms. The van der Waals surface area contributed by atoms with E-state index in [0.717, 1.165) is 27.2 Å². The Labute approximate surface area is 190 Å². The van der Waals surface area contributed by atoms with Crippen molar-refractivity contribution in [2.75, 3.05) is 23.8 Å². The number of hydrogen-bond acceptors (Lipinski definition) is 7. The van der Waals surface area contributed by atoms with Gasteiger partial charge in [-0.1, -0.05) is 26.0 Å². The first-order valence-corrected chi connectivity index (χ1v) is 12.5. The fourth-order valence-corrected chi connectivity index (χ4v) is 5.42. The van der Waals surface area contributed by atoms with Crippen LogP contribution in [0.4, 0.5) is 11.4 Å². The largest absolute Gasteiger partial charge is 0.396 e. The second kappa shape index (κ2) is 8.62. The van der Waals surface area contributed by atoms with Crippen LogP contribution in [0.2, 0.25) is 0 Å². The van der Waals surface area contributed by atoms with Crippen molar-refractivity contribution in [3.05, 3.63) is 59.2 Å². The second-order valence-electron chi connectivity index (χ2n) is 8.44. The molecular weight excluding hydrogens is 448 g/mol. The summed E-state index contributed by atoms with van der Waals surface area (Å²) in [6.45, 7) is 3.62. The summed E-state index contributed by atoms with van der Waals surface area (Å²) in [7, 11) is -3.52. The first kappa shape index (κ1) is 22.4. The maximum Gasteiger partial charge on any atom is 0.257 e. The molecule has 1 aliphatic heterocycles. The van der Waals surface area contributed by atoms with Crippen LogP contribution in [-0.2, 0) is 20.6 Å². The minimum Gasteiger partial charge on any atom is -0.396 e. The molecule has 168 valence electrons. The number of anilines is 2. The van der Waals surface area contributed by atoms with Gasteiger partial charge < -0.3 is 15.7 Å². The van der Waals surface area contributed by atoms with E-state index in [2.05, 4.69) is 20.3 Å². The number of hydrogen-bond donors (Lipinski definition) is 4. The van der Waals surface area contributed by atoms with Crippen LogP contribution < -0.4 is 15.4 Å². The van der Waals surface area contributed by atoms with E-state index in [-0.39, 0.29) is 24.8 Å². The Kier molecular flexibility index (Phi) is 6.04. The Bertz CT molecular complexity index is 1300. The lowest BCUT2D eigenvalue weighted by Crippen LogP contribution is -2.36. The zero-order chi connectivity index (χ0) is 22.9. The molecule has 32 heavy (non-hydrogen) atoms. The van der Waals surface area contributed by atoms with E-state index >= 15 is 0 Å². The van der Waals surface area contributed by atoms with Crippen molar-refractivity contribution >= 4 is 54.4 Å². The number of thiazole rings is 1. The van der Waals surface area contributed by atoms with Crippen molar-refractivity contribution in [1.29, 1.82) is 0 Å². The molecule has 4 rings (SSSR count). The quantitative estimate of drug-likeness (QED) is 0.374. The number of benzene rings is 2. The number of carbonyl (C=O) groups excluding carboxylic acids is 1. The number of aromatic nitrogens is 1. The molecule has 1 amide bonds. The van der Waals surface area contributed by atoms with Crippen LogP contribution in [0.5, 0.6) is 0 Å². The number of amides is 1. The molecule has 3 aromatic rings. The van der Waals surface area contributed by atoms with E-state index < -0.39 is 15.4 Å². The molecule has 0 fully saturated rings. The number of sulfonamides is 1. The molecule has 10 heteroatoms. The van der Waals surface area contributed by atoms with Gasteiger partial charge in [0.05, 0.1) is 32.7 Å². The van der Waals surface area contributed by atoms with E-state index in [1.165, 1.54) is 11.3 Å². The van der Waals surface area contributed by atoms with E-state index in [1.807, 2.05) is 12.1 Å². The first-order valence-electron chi connectivity index (χ1n) is 9.99. The standard InChI is InChI=1S/C22H24N4O4S2/c1-22(2,12-27)11-25-32(29,30)10-14-3-5-15(6-4-14)23-9-16-19-17(26-21(16)28)7-8-18-20(19)31-13-24-18/h3-9,13,23,25,27H,10-12H2,1-2H3,(H,26,28). The van der Waals surface area contributed by atoms with E-state index in [1.54, 1.807) is 49.8 Å². The van der Waals surface area contributed by atoms with Crippen LogP contribution in [0.25, 0.3) is 15.8 Å². The number of carbonyl (C=O) groups is 1. The van der Waals surface area contributed by atoms with Gasteiger partial charge in [0, 0.05) is 36.0 Å². The monoisotopic (exact) mass is 472 g/mol. The molecule has 0 atom stereocenters. The summed E-state index contributed by atoms with van der Waals surface area (Å²) in [5.74, 6) is -0.345. The van der Waals surface area contributed by atoms with Gasteiger partial charge in [0.15, 0.2) is 0 Å². The molecule has 0 unspecified atom stereocenters. The summed E-state index contributed by atoms with van der Waals surface area (Å²) in [6, 6.07) is 10.7. The molecule has 2 aromatic carbocycles. The van der Waals surface area contributed by atoms with Crippen LogP contribution >= 0.6 is 11.3 Å². The second-order valence-corrected chi connectivity index (χ2v) is 11.1. The molecule has 1 aromatic heterocycles. The highest BCUT2D eigenvalue weighted by Gasteiger charge is 2.27. The smallest absolute Gasteiger partial charge is 0.257 e. The number of nitrogens with one attached hydrogen (secondary N) is 3. The van der Waals surface area contributed by atoms with E-state index in [0.29, 0.717) is 11.1 Å². The number of aliphatic hydroxyl groups excluding tert-OH is 1. The fraction of sp³-hybridized carbons (Fsp3) is 0.273. The molecule has 0 saturated carbocycles. The summed E-state index contributed by atoms with van der Waals surface area (Å²) >= 11 is 1.49. The molecule has 4 N–H and O–H groups in total. The van der Waals surface area contributed by atoms with Gasteiger partial charge in [-0.15, -0.1) is 11.3 Å². The van der Waals surface area contributed by atoms with E-state index in [9.17, 15) is 18.3 Å². The zero-order valence-corrected chi connectivity index (χ0v) is 19.3. The summed E-state index contributed by atoms with van der Waals surface area (Å²) in [5, 5.41) is 15.3. The van der Waals surface area contributed by atoms with Crippen LogP contribution in [0.1, 0.15) is 25.0 Å². The normalized spacial score (nSPS) is 15.2. The van der Waals surface area contributed by atoms with Crippen LogP contribution in [0.15, 0.2) is 48.1 Å². The van der Waals surface area contributed by atoms with Gasteiger partial charge in [-0.3, -0.25) is 4.79 Å². The van der Waals surface area contributed by atoms with Gasteiger partial charge in [-0.05, 0) is 29.8 Å². The Hall–Kier alpha value is -2.79. The Morgan fingerprint density at radius 1 is 1.19 bits per heavy atom. The third kappa shape index (κ3) is 4.83. The highest BCUT2D eigenvalue weighted by atomic mass is 32.2. The third-order valence-corrected chi connectivity index (χ3v) is 7.31. The van der Waals surface area contributed by atoms with Crippen LogP contribution in [0.3, 0.4) is 0 Å².